The summed E-state index contributed by atoms with van der Waals surface area (Å²) in [5, 5.41) is 18.3. The molecular formula is C19H17N7O. The number of aromatic nitrogens is 6. The lowest BCUT2D eigenvalue weighted by atomic mass is 10.2. The van der Waals surface area contributed by atoms with Crippen molar-refractivity contribution in [1.82, 2.24) is 30.0 Å². The number of carbonyl (C=O) groups excluding carboxylic acids is 1. The lowest BCUT2D eigenvalue weighted by Crippen LogP contribution is -2.13. The maximum Gasteiger partial charge on any atom is 0.259 e. The Morgan fingerprint density at radius 1 is 1.04 bits per heavy atom. The van der Waals surface area contributed by atoms with Crippen molar-refractivity contribution < 1.29 is 4.79 Å². The molecule has 134 valence electrons. The number of nitrogens with one attached hydrogen (secondary N) is 1. The minimum absolute atomic E-state index is 0.206. The Morgan fingerprint density at radius 3 is 2.52 bits per heavy atom. The molecule has 2 aromatic carbocycles. The number of carbonyl (C=O) groups is 1. The van der Waals surface area contributed by atoms with E-state index in [4.69, 9.17) is 0 Å². The fourth-order valence-corrected chi connectivity index (χ4v) is 2.85. The smallest absolute Gasteiger partial charge is 0.259 e. The number of rotatable bonds is 4. The van der Waals surface area contributed by atoms with Crippen LogP contribution in [0.15, 0.2) is 61.1 Å². The van der Waals surface area contributed by atoms with E-state index >= 15 is 0 Å². The van der Waals surface area contributed by atoms with Crippen LogP contribution < -0.4 is 5.32 Å². The van der Waals surface area contributed by atoms with Gasteiger partial charge in [-0.15, -0.1) is 5.10 Å². The van der Waals surface area contributed by atoms with Gasteiger partial charge in [0.15, 0.2) is 0 Å². The summed E-state index contributed by atoms with van der Waals surface area (Å²) in [5.41, 5.74) is 4.85. The van der Waals surface area contributed by atoms with Crippen molar-refractivity contribution in [2.24, 2.45) is 0 Å². The molecule has 8 nitrogen and oxygen atoms in total. The summed E-state index contributed by atoms with van der Waals surface area (Å²) in [6.07, 6.45) is 3.10. The molecule has 0 aliphatic carbocycles. The molecule has 0 spiro atoms. The molecule has 2 aromatic heterocycles. The molecule has 0 aliphatic rings. The SMILES string of the molecule is Cc1ccccc1-n1ncc(C(=O)Nc2ccc(-n3cnnn3)cc2)c1C. The molecule has 1 amide bonds. The molecule has 0 aliphatic heterocycles. The number of hydrogen-bond donors (Lipinski definition) is 1. The number of tetrazole rings is 1. The maximum atomic E-state index is 12.7. The maximum absolute atomic E-state index is 12.7. The second-order valence-corrected chi connectivity index (χ2v) is 6.10. The number of anilines is 1. The molecule has 0 fully saturated rings. The largest absolute Gasteiger partial charge is 0.322 e. The van der Waals surface area contributed by atoms with Gasteiger partial charge < -0.3 is 5.32 Å². The van der Waals surface area contributed by atoms with Crippen molar-refractivity contribution in [3.8, 4) is 11.4 Å². The van der Waals surface area contributed by atoms with Gasteiger partial charge in [-0.25, -0.2) is 9.36 Å². The lowest BCUT2D eigenvalue weighted by molar-refractivity contribution is 0.102. The molecule has 0 unspecified atom stereocenters. The van der Waals surface area contributed by atoms with E-state index in [2.05, 4.69) is 25.9 Å². The van der Waals surface area contributed by atoms with Crippen LogP contribution in [0.5, 0.6) is 0 Å². The van der Waals surface area contributed by atoms with Gasteiger partial charge in [-0.1, -0.05) is 18.2 Å². The number of hydrogen-bond acceptors (Lipinski definition) is 5. The zero-order valence-electron chi connectivity index (χ0n) is 14.9. The number of benzene rings is 2. The van der Waals surface area contributed by atoms with E-state index in [1.165, 1.54) is 6.33 Å². The molecule has 0 bridgehead atoms. The van der Waals surface area contributed by atoms with Crippen LogP contribution in [0.25, 0.3) is 11.4 Å². The number of nitrogens with zero attached hydrogens (tertiary/aromatic N) is 6. The molecular weight excluding hydrogens is 342 g/mol. The first-order valence-corrected chi connectivity index (χ1v) is 8.39. The average Bonchev–Trinajstić information content (AvgIpc) is 3.33. The monoisotopic (exact) mass is 359 g/mol. The van der Waals surface area contributed by atoms with Crippen molar-refractivity contribution in [3.63, 3.8) is 0 Å². The van der Waals surface area contributed by atoms with Crippen LogP contribution in [0.4, 0.5) is 5.69 Å². The summed E-state index contributed by atoms with van der Waals surface area (Å²) in [6, 6.07) is 15.2. The van der Waals surface area contributed by atoms with Crippen LogP contribution in [-0.2, 0) is 0 Å². The van der Waals surface area contributed by atoms with Crippen LogP contribution in [0.1, 0.15) is 21.6 Å². The molecule has 2 heterocycles. The molecule has 0 radical (unpaired) electrons. The predicted octanol–water partition coefficient (Wildman–Crippen LogP) is 2.72. The number of amides is 1. The van der Waals surface area contributed by atoms with Gasteiger partial charge in [0, 0.05) is 5.69 Å². The highest BCUT2D eigenvalue weighted by Crippen LogP contribution is 2.19. The minimum atomic E-state index is -0.206. The average molecular weight is 359 g/mol. The second-order valence-electron chi connectivity index (χ2n) is 6.10. The van der Waals surface area contributed by atoms with Gasteiger partial charge in [-0.2, -0.15) is 5.10 Å². The highest BCUT2D eigenvalue weighted by molar-refractivity contribution is 6.05. The Bertz CT molecular complexity index is 1080. The Morgan fingerprint density at radius 2 is 1.81 bits per heavy atom. The third-order valence-electron chi connectivity index (χ3n) is 4.34. The van der Waals surface area contributed by atoms with Crippen LogP contribution in [0, 0.1) is 13.8 Å². The lowest BCUT2D eigenvalue weighted by Gasteiger charge is -2.09. The van der Waals surface area contributed by atoms with E-state index in [0.29, 0.717) is 11.3 Å². The normalized spacial score (nSPS) is 10.7. The Balaban J connectivity index is 1.55. The minimum Gasteiger partial charge on any atom is -0.322 e. The van der Waals surface area contributed by atoms with Crippen LogP contribution >= 0.6 is 0 Å². The third kappa shape index (κ3) is 3.20. The van der Waals surface area contributed by atoms with Gasteiger partial charge in [0.2, 0.25) is 0 Å². The highest BCUT2D eigenvalue weighted by atomic mass is 16.1. The van der Waals surface area contributed by atoms with E-state index in [9.17, 15) is 4.79 Å². The van der Waals surface area contributed by atoms with E-state index in [1.807, 2.05) is 50.2 Å². The van der Waals surface area contributed by atoms with Gasteiger partial charge in [0.25, 0.3) is 5.91 Å². The summed E-state index contributed by atoms with van der Waals surface area (Å²) in [6.45, 7) is 3.90. The van der Waals surface area contributed by atoms with E-state index in [-0.39, 0.29) is 5.91 Å². The summed E-state index contributed by atoms with van der Waals surface area (Å²) in [5.74, 6) is -0.206. The van der Waals surface area contributed by atoms with Crippen LogP contribution in [-0.4, -0.2) is 35.9 Å². The number of para-hydroxylation sites is 1. The molecule has 4 aromatic rings. The standard InChI is InChI=1S/C19H17N7O/c1-13-5-3-4-6-18(13)26-14(2)17(11-21-26)19(27)22-15-7-9-16(10-8-15)25-12-20-23-24-25/h3-12H,1-2H3,(H,22,27). The summed E-state index contributed by atoms with van der Waals surface area (Å²) in [7, 11) is 0. The first-order chi connectivity index (χ1) is 13.1. The van der Waals surface area contributed by atoms with Gasteiger partial charge in [0.1, 0.15) is 6.33 Å². The van der Waals surface area contributed by atoms with Crippen molar-refractivity contribution >= 4 is 11.6 Å². The zero-order valence-corrected chi connectivity index (χ0v) is 14.9. The van der Waals surface area contributed by atoms with E-state index in [0.717, 1.165) is 22.6 Å². The van der Waals surface area contributed by atoms with Crippen LogP contribution in [0.2, 0.25) is 0 Å². The summed E-state index contributed by atoms with van der Waals surface area (Å²) < 4.78 is 3.33. The quantitative estimate of drug-likeness (QED) is 0.605. The molecule has 0 saturated heterocycles. The zero-order chi connectivity index (χ0) is 18.8. The Hall–Kier alpha value is -3.81. The summed E-state index contributed by atoms with van der Waals surface area (Å²) >= 11 is 0. The van der Waals surface area contributed by atoms with Crippen molar-refractivity contribution in [3.05, 3.63) is 77.9 Å². The van der Waals surface area contributed by atoms with Crippen molar-refractivity contribution in [2.75, 3.05) is 5.32 Å². The van der Waals surface area contributed by atoms with Gasteiger partial charge in [0.05, 0.1) is 28.8 Å². The number of aryl methyl sites for hydroxylation is 1. The molecule has 1 N–H and O–H groups in total. The predicted molar refractivity (Wildman–Crippen MR) is 100 cm³/mol. The van der Waals surface area contributed by atoms with Crippen molar-refractivity contribution in [2.45, 2.75) is 13.8 Å². The van der Waals surface area contributed by atoms with E-state index < -0.39 is 0 Å². The van der Waals surface area contributed by atoms with Crippen molar-refractivity contribution in [1.29, 1.82) is 0 Å². The molecule has 4 rings (SSSR count). The van der Waals surface area contributed by atoms with E-state index in [1.54, 1.807) is 27.7 Å². The highest BCUT2D eigenvalue weighted by Gasteiger charge is 2.16. The van der Waals surface area contributed by atoms with Gasteiger partial charge in [-0.3, -0.25) is 4.79 Å². The first-order valence-electron chi connectivity index (χ1n) is 8.39. The third-order valence-corrected chi connectivity index (χ3v) is 4.34. The first kappa shape index (κ1) is 16.6. The Kier molecular flexibility index (Phi) is 4.21. The molecule has 0 atom stereocenters. The molecule has 8 heteroatoms. The fourth-order valence-electron chi connectivity index (χ4n) is 2.85. The fraction of sp³-hybridized carbons (Fsp3) is 0.105. The molecule has 27 heavy (non-hydrogen) atoms. The topological polar surface area (TPSA) is 90.5 Å². The van der Waals surface area contributed by atoms with Crippen LogP contribution in [0.3, 0.4) is 0 Å². The molecule has 0 saturated carbocycles. The summed E-state index contributed by atoms with van der Waals surface area (Å²) in [4.78, 5) is 12.7. The van der Waals surface area contributed by atoms with Gasteiger partial charge >= 0.3 is 0 Å². The Labute approximate surface area is 155 Å². The van der Waals surface area contributed by atoms with Gasteiger partial charge in [-0.05, 0) is 60.2 Å². The second kappa shape index (κ2) is 6.83.